The van der Waals surface area contributed by atoms with Gasteiger partial charge < -0.3 is 4.90 Å². The molecule has 216 valence electrons. The van der Waals surface area contributed by atoms with Crippen LogP contribution in [-0.4, -0.2) is 0 Å². The minimum atomic E-state index is 1.13. The maximum Gasteiger partial charge on any atom is 0.0468 e. The van der Waals surface area contributed by atoms with E-state index in [-0.39, 0.29) is 0 Å². The van der Waals surface area contributed by atoms with E-state index in [9.17, 15) is 0 Å². The lowest BCUT2D eigenvalue weighted by Crippen LogP contribution is -2.09. The molecule has 46 heavy (non-hydrogen) atoms. The van der Waals surface area contributed by atoms with Gasteiger partial charge in [-0.3, -0.25) is 0 Å². The SMILES string of the molecule is c1ccc(-c2cc3ccccc3c3sc4ccc(N(c5ccccc5)c5ccc(-c6cccc7ccccc67)cc5)cc4c23)cc1. The molecule has 0 radical (unpaired) electrons. The third-order valence-corrected chi connectivity index (χ3v) is 10.2. The minimum absolute atomic E-state index is 1.13. The summed E-state index contributed by atoms with van der Waals surface area (Å²) >= 11 is 1.89. The molecule has 9 rings (SSSR count). The molecule has 0 aliphatic heterocycles. The number of para-hydroxylation sites is 1. The number of anilines is 3. The Morgan fingerprint density at radius 1 is 0.370 bits per heavy atom. The molecule has 0 amide bonds. The average molecular weight is 604 g/mol. The van der Waals surface area contributed by atoms with Crippen LogP contribution in [0.2, 0.25) is 0 Å². The predicted molar refractivity (Wildman–Crippen MR) is 200 cm³/mol. The fourth-order valence-electron chi connectivity index (χ4n) is 6.88. The van der Waals surface area contributed by atoms with Gasteiger partial charge in [0.2, 0.25) is 0 Å². The molecule has 0 saturated carbocycles. The molecule has 0 unspecified atom stereocenters. The Bertz CT molecular complexity index is 2510. The van der Waals surface area contributed by atoms with E-state index in [1.54, 1.807) is 0 Å². The minimum Gasteiger partial charge on any atom is -0.310 e. The van der Waals surface area contributed by atoms with Gasteiger partial charge in [0.15, 0.2) is 0 Å². The number of thiophene rings is 1. The molecule has 9 aromatic rings. The summed E-state index contributed by atoms with van der Waals surface area (Å²) in [5, 5.41) is 7.73. The highest BCUT2D eigenvalue weighted by molar-refractivity contribution is 7.26. The normalized spacial score (nSPS) is 11.5. The monoisotopic (exact) mass is 603 g/mol. The van der Waals surface area contributed by atoms with Crippen LogP contribution in [0.4, 0.5) is 17.1 Å². The number of benzene rings is 8. The van der Waals surface area contributed by atoms with Crippen molar-refractivity contribution in [2.45, 2.75) is 0 Å². The second-order valence-electron chi connectivity index (χ2n) is 11.7. The molecule has 1 aromatic heterocycles. The summed E-state index contributed by atoms with van der Waals surface area (Å²) in [6, 6.07) is 63.8. The maximum absolute atomic E-state index is 2.39. The van der Waals surface area contributed by atoms with E-state index in [1.807, 2.05) is 11.3 Å². The van der Waals surface area contributed by atoms with E-state index in [2.05, 4.69) is 181 Å². The van der Waals surface area contributed by atoms with Crippen LogP contribution in [0, 0.1) is 0 Å². The van der Waals surface area contributed by atoms with E-state index in [0.29, 0.717) is 0 Å². The molecular formula is C44H29NS. The molecule has 0 saturated heterocycles. The molecule has 0 atom stereocenters. The number of fused-ring (bicyclic) bond motifs is 6. The lowest BCUT2D eigenvalue weighted by Gasteiger charge is -2.26. The Labute approximate surface area is 272 Å². The Balaban J connectivity index is 1.24. The summed E-state index contributed by atoms with van der Waals surface area (Å²) in [6.45, 7) is 0. The van der Waals surface area contributed by atoms with Crippen molar-refractivity contribution in [3.8, 4) is 22.3 Å². The highest BCUT2D eigenvalue weighted by Gasteiger charge is 2.18. The molecule has 8 aromatic carbocycles. The number of nitrogens with zero attached hydrogens (tertiary/aromatic N) is 1. The van der Waals surface area contributed by atoms with E-state index in [4.69, 9.17) is 0 Å². The summed E-state index contributed by atoms with van der Waals surface area (Å²) in [5.41, 5.74) is 8.39. The molecule has 0 bridgehead atoms. The molecule has 0 fully saturated rings. The van der Waals surface area contributed by atoms with E-state index < -0.39 is 0 Å². The Morgan fingerprint density at radius 2 is 0.978 bits per heavy atom. The van der Waals surface area contributed by atoms with Crippen molar-refractivity contribution in [1.82, 2.24) is 0 Å². The van der Waals surface area contributed by atoms with Crippen LogP contribution in [0.25, 0.3) is 64.0 Å². The van der Waals surface area contributed by atoms with Crippen molar-refractivity contribution >= 4 is 70.1 Å². The highest BCUT2D eigenvalue weighted by atomic mass is 32.1. The fourth-order valence-corrected chi connectivity index (χ4v) is 8.12. The highest BCUT2D eigenvalue weighted by Crippen LogP contribution is 2.46. The third kappa shape index (κ3) is 4.46. The Kier molecular flexibility index (Phi) is 6.40. The molecule has 0 aliphatic carbocycles. The quantitative estimate of drug-likeness (QED) is 0.189. The molecule has 1 heterocycles. The molecule has 0 spiro atoms. The zero-order valence-electron chi connectivity index (χ0n) is 25.1. The van der Waals surface area contributed by atoms with Crippen molar-refractivity contribution in [2.75, 3.05) is 4.90 Å². The summed E-state index contributed by atoms with van der Waals surface area (Å²) in [6.07, 6.45) is 0. The first-order valence-electron chi connectivity index (χ1n) is 15.7. The van der Waals surface area contributed by atoms with Gasteiger partial charge in [-0.15, -0.1) is 11.3 Å². The predicted octanol–water partition coefficient (Wildman–Crippen LogP) is 13.2. The first-order valence-corrected chi connectivity index (χ1v) is 16.5. The summed E-state index contributed by atoms with van der Waals surface area (Å²) in [5.74, 6) is 0. The molecular weight excluding hydrogens is 575 g/mol. The zero-order chi connectivity index (χ0) is 30.5. The van der Waals surface area contributed by atoms with Gasteiger partial charge in [0.1, 0.15) is 0 Å². The van der Waals surface area contributed by atoms with Gasteiger partial charge in [0, 0.05) is 37.2 Å². The van der Waals surface area contributed by atoms with Gasteiger partial charge in [-0.25, -0.2) is 0 Å². The number of hydrogen-bond acceptors (Lipinski definition) is 2. The van der Waals surface area contributed by atoms with Gasteiger partial charge in [0.05, 0.1) is 0 Å². The van der Waals surface area contributed by atoms with E-state index in [0.717, 1.165) is 17.1 Å². The van der Waals surface area contributed by atoms with Gasteiger partial charge in [-0.05, 0) is 92.3 Å². The van der Waals surface area contributed by atoms with E-state index in [1.165, 1.54) is 64.0 Å². The van der Waals surface area contributed by atoms with Crippen LogP contribution in [0.15, 0.2) is 176 Å². The van der Waals surface area contributed by atoms with Crippen LogP contribution in [0.5, 0.6) is 0 Å². The lowest BCUT2D eigenvalue weighted by atomic mass is 9.95. The van der Waals surface area contributed by atoms with Crippen molar-refractivity contribution in [3.05, 3.63) is 176 Å². The van der Waals surface area contributed by atoms with Gasteiger partial charge in [0.25, 0.3) is 0 Å². The summed E-state index contributed by atoms with van der Waals surface area (Å²) < 4.78 is 2.64. The number of rotatable bonds is 5. The Hall–Kier alpha value is -5.70. The molecule has 0 aliphatic rings. The zero-order valence-corrected chi connectivity index (χ0v) is 25.9. The lowest BCUT2D eigenvalue weighted by molar-refractivity contribution is 1.29. The number of hydrogen-bond donors (Lipinski definition) is 0. The van der Waals surface area contributed by atoms with E-state index >= 15 is 0 Å². The summed E-state index contributed by atoms with van der Waals surface area (Å²) in [4.78, 5) is 2.37. The van der Waals surface area contributed by atoms with Gasteiger partial charge in [-0.2, -0.15) is 0 Å². The first kappa shape index (κ1) is 26.7. The topological polar surface area (TPSA) is 3.24 Å². The van der Waals surface area contributed by atoms with Crippen molar-refractivity contribution < 1.29 is 0 Å². The fraction of sp³-hybridized carbons (Fsp3) is 0. The van der Waals surface area contributed by atoms with Crippen molar-refractivity contribution in [3.63, 3.8) is 0 Å². The van der Waals surface area contributed by atoms with Crippen LogP contribution in [0.3, 0.4) is 0 Å². The third-order valence-electron chi connectivity index (χ3n) is 9.03. The largest absolute Gasteiger partial charge is 0.310 e. The van der Waals surface area contributed by atoms with Gasteiger partial charge >= 0.3 is 0 Å². The molecule has 0 N–H and O–H groups in total. The second kappa shape index (κ2) is 11.0. The van der Waals surface area contributed by atoms with Crippen molar-refractivity contribution in [1.29, 1.82) is 0 Å². The smallest absolute Gasteiger partial charge is 0.0468 e. The van der Waals surface area contributed by atoms with Crippen LogP contribution in [-0.2, 0) is 0 Å². The molecule has 1 nitrogen and oxygen atoms in total. The summed E-state index contributed by atoms with van der Waals surface area (Å²) in [7, 11) is 0. The van der Waals surface area contributed by atoms with Crippen molar-refractivity contribution in [2.24, 2.45) is 0 Å². The maximum atomic E-state index is 2.39. The first-order chi connectivity index (χ1) is 22.8. The average Bonchev–Trinajstić information content (AvgIpc) is 3.52. The van der Waals surface area contributed by atoms with Crippen LogP contribution >= 0.6 is 11.3 Å². The second-order valence-corrected chi connectivity index (χ2v) is 12.8. The molecule has 2 heteroatoms. The van der Waals surface area contributed by atoms with Crippen LogP contribution < -0.4 is 4.90 Å². The standard InChI is InChI=1S/C44H29NS/c1-3-12-31(13-4-1)40-28-33-15-8-10-20-39(33)44-43(40)41-29-36(26-27-42(41)46-44)45(34-17-5-2-6-18-34)35-24-22-32(23-25-35)38-21-11-16-30-14-7-9-19-37(30)38/h1-29H. The van der Waals surface area contributed by atoms with Crippen LogP contribution in [0.1, 0.15) is 0 Å². The Morgan fingerprint density at radius 3 is 1.78 bits per heavy atom. The van der Waals surface area contributed by atoms with Gasteiger partial charge in [-0.1, -0.05) is 127 Å².